The third-order valence-electron chi connectivity index (χ3n) is 4.31. The lowest BCUT2D eigenvalue weighted by Gasteiger charge is -2.05. The van der Waals surface area contributed by atoms with Crippen LogP contribution >= 0.6 is 0 Å². The Hall–Kier alpha value is -3.19. The van der Waals surface area contributed by atoms with Gasteiger partial charge in [-0.25, -0.2) is 0 Å². The minimum Gasteiger partial charge on any atom is -0.494 e. The number of nitrogens with one attached hydrogen (secondary N) is 1. The molecule has 1 amide bonds. The molecule has 146 valence electrons. The fourth-order valence-corrected chi connectivity index (χ4v) is 2.74. The largest absolute Gasteiger partial charge is 0.494 e. The summed E-state index contributed by atoms with van der Waals surface area (Å²) in [6, 6.07) is 15.3. The molecule has 0 unspecified atom stereocenters. The van der Waals surface area contributed by atoms with E-state index in [1.165, 1.54) is 10.4 Å². The van der Waals surface area contributed by atoms with Gasteiger partial charge in [0.2, 0.25) is 0 Å². The van der Waals surface area contributed by atoms with E-state index in [1.807, 2.05) is 31.2 Å². The molecule has 0 aliphatic heterocycles. The summed E-state index contributed by atoms with van der Waals surface area (Å²) < 4.78 is 5.42. The predicted octanol–water partition coefficient (Wildman–Crippen LogP) is 2.65. The van der Waals surface area contributed by atoms with Crippen LogP contribution in [-0.2, 0) is 19.6 Å². The number of amides is 1. The van der Waals surface area contributed by atoms with Gasteiger partial charge in [-0.15, -0.1) is 10.2 Å². The molecule has 0 radical (unpaired) electrons. The number of carbonyl (C=O) groups excluding carboxylic acids is 1. The molecule has 0 spiro atoms. The number of carbonyl (C=O) groups is 1. The monoisotopic (exact) mass is 380 g/mol. The molecule has 7 heteroatoms. The van der Waals surface area contributed by atoms with Gasteiger partial charge in [-0.1, -0.05) is 31.2 Å². The van der Waals surface area contributed by atoms with Crippen LogP contribution in [0.15, 0.2) is 48.5 Å². The van der Waals surface area contributed by atoms with Gasteiger partial charge in [0.05, 0.1) is 18.9 Å². The van der Waals surface area contributed by atoms with E-state index in [0.29, 0.717) is 18.8 Å². The summed E-state index contributed by atoms with van der Waals surface area (Å²) in [5.41, 5.74) is 3.26. The van der Waals surface area contributed by atoms with Gasteiger partial charge in [0.1, 0.15) is 11.4 Å². The van der Waals surface area contributed by atoms with Crippen molar-refractivity contribution >= 4 is 5.91 Å². The van der Waals surface area contributed by atoms with E-state index in [4.69, 9.17) is 4.74 Å². The molecule has 0 saturated carbocycles. The van der Waals surface area contributed by atoms with Crippen molar-refractivity contribution in [1.82, 2.24) is 20.3 Å². The maximum Gasteiger partial charge on any atom is 0.274 e. The highest BCUT2D eigenvalue weighted by atomic mass is 16.5. The van der Waals surface area contributed by atoms with Crippen LogP contribution < -0.4 is 10.1 Å². The molecular weight excluding hydrogens is 356 g/mol. The average molecular weight is 380 g/mol. The molecule has 28 heavy (non-hydrogen) atoms. The standard InChI is InChI=1S/C21H24N4O3/c1-3-15-5-7-16(8-6-15)13-22-21(27)20-19(14-26)23-25(24-20)17-9-11-18(12-10-17)28-4-2/h5-12,26H,3-4,13-14H2,1-2H3,(H,22,27). The van der Waals surface area contributed by atoms with Crippen LogP contribution in [0.3, 0.4) is 0 Å². The highest BCUT2D eigenvalue weighted by Crippen LogP contribution is 2.15. The Labute approximate surface area is 164 Å². The highest BCUT2D eigenvalue weighted by Gasteiger charge is 2.18. The van der Waals surface area contributed by atoms with Gasteiger partial charge in [-0.3, -0.25) is 4.79 Å². The first kappa shape index (κ1) is 19.6. The molecule has 0 aliphatic rings. The summed E-state index contributed by atoms with van der Waals surface area (Å²) in [5, 5.41) is 20.9. The Morgan fingerprint density at radius 3 is 2.32 bits per heavy atom. The van der Waals surface area contributed by atoms with E-state index < -0.39 is 0 Å². The molecule has 0 saturated heterocycles. The summed E-state index contributed by atoms with van der Waals surface area (Å²) in [6.45, 7) is 4.61. The maximum atomic E-state index is 12.5. The second-order valence-corrected chi connectivity index (χ2v) is 6.22. The van der Waals surface area contributed by atoms with Gasteiger partial charge in [-0.2, -0.15) is 4.80 Å². The number of rotatable bonds is 8. The van der Waals surface area contributed by atoms with Gasteiger partial charge in [0.15, 0.2) is 5.69 Å². The van der Waals surface area contributed by atoms with Crippen LogP contribution in [-0.4, -0.2) is 32.6 Å². The quantitative estimate of drug-likeness (QED) is 0.627. The third kappa shape index (κ3) is 4.55. The fraction of sp³-hybridized carbons (Fsp3) is 0.286. The van der Waals surface area contributed by atoms with Gasteiger partial charge in [-0.05, 0) is 48.7 Å². The zero-order valence-corrected chi connectivity index (χ0v) is 16.1. The first-order valence-electron chi connectivity index (χ1n) is 9.31. The van der Waals surface area contributed by atoms with Crippen molar-refractivity contribution in [1.29, 1.82) is 0 Å². The summed E-state index contributed by atoms with van der Waals surface area (Å²) in [6.07, 6.45) is 0.973. The zero-order valence-electron chi connectivity index (χ0n) is 16.1. The van der Waals surface area contributed by atoms with Crippen molar-refractivity contribution in [3.63, 3.8) is 0 Å². The van der Waals surface area contributed by atoms with Crippen molar-refractivity contribution in [2.45, 2.75) is 33.4 Å². The lowest BCUT2D eigenvalue weighted by molar-refractivity contribution is 0.0942. The number of aromatic nitrogens is 3. The van der Waals surface area contributed by atoms with Gasteiger partial charge >= 0.3 is 0 Å². The summed E-state index contributed by atoms with van der Waals surface area (Å²) in [5.74, 6) is 0.369. The van der Waals surface area contributed by atoms with Crippen molar-refractivity contribution in [2.75, 3.05) is 6.61 Å². The smallest absolute Gasteiger partial charge is 0.274 e. The van der Waals surface area contributed by atoms with E-state index in [-0.39, 0.29) is 23.9 Å². The number of ether oxygens (including phenoxy) is 1. The fourth-order valence-electron chi connectivity index (χ4n) is 2.74. The second-order valence-electron chi connectivity index (χ2n) is 6.22. The van der Waals surface area contributed by atoms with E-state index >= 15 is 0 Å². The molecule has 0 bridgehead atoms. The summed E-state index contributed by atoms with van der Waals surface area (Å²) >= 11 is 0. The average Bonchev–Trinajstić information content (AvgIpc) is 3.18. The molecule has 7 nitrogen and oxygen atoms in total. The van der Waals surface area contributed by atoms with Gasteiger partial charge in [0, 0.05) is 6.54 Å². The van der Waals surface area contributed by atoms with Crippen molar-refractivity contribution in [3.05, 3.63) is 71.0 Å². The van der Waals surface area contributed by atoms with Crippen molar-refractivity contribution in [3.8, 4) is 11.4 Å². The minimum absolute atomic E-state index is 0.113. The Balaban J connectivity index is 1.72. The normalized spacial score (nSPS) is 10.7. The third-order valence-corrected chi connectivity index (χ3v) is 4.31. The van der Waals surface area contributed by atoms with Crippen molar-refractivity contribution < 1.29 is 14.6 Å². The first-order chi connectivity index (χ1) is 13.6. The topological polar surface area (TPSA) is 89.3 Å². The summed E-state index contributed by atoms with van der Waals surface area (Å²) in [4.78, 5) is 13.9. The molecule has 0 atom stereocenters. The number of benzene rings is 2. The first-order valence-corrected chi connectivity index (χ1v) is 9.31. The SMILES string of the molecule is CCOc1ccc(-n2nc(CO)c(C(=O)NCc3ccc(CC)cc3)n2)cc1. The molecule has 0 fully saturated rings. The molecule has 3 aromatic rings. The Morgan fingerprint density at radius 2 is 1.71 bits per heavy atom. The maximum absolute atomic E-state index is 12.5. The van der Waals surface area contributed by atoms with Crippen LogP contribution in [0.5, 0.6) is 5.75 Å². The van der Waals surface area contributed by atoms with Crippen LogP contribution in [0, 0.1) is 0 Å². The van der Waals surface area contributed by atoms with Crippen molar-refractivity contribution in [2.24, 2.45) is 0 Å². The highest BCUT2D eigenvalue weighted by molar-refractivity contribution is 5.93. The van der Waals surface area contributed by atoms with Crippen LogP contribution in [0.4, 0.5) is 0 Å². The van der Waals surface area contributed by atoms with Crippen LogP contribution in [0.25, 0.3) is 5.69 Å². The number of aryl methyl sites for hydroxylation is 1. The molecular formula is C21H24N4O3. The number of aliphatic hydroxyl groups is 1. The lowest BCUT2D eigenvalue weighted by atomic mass is 10.1. The Kier molecular flexibility index (Phi) is 6.39. The molecule has 3 rings (SSSR count). The molecule has 1 aromatic heterocycles. The number of hydrogen-bond acceptors (Lipinski definition) is 5. The zero-order chi connectivity index (χ0) is 19.9. The Bertz CT molecular complexity index is 918. The van der Waals surface area contributed by atoms with Crippen LogP contribution in [0.2, 0.25) is 0 Å². The minimum atomic E-state index is -0.374. The number of nitrogens with zero attached hydrogens (tertiary/aromatic N) is 3. The van der Waals surface area contributed by atoms with E-state index in [0.717, 1.165) is 17.7 Å². The van der Waals surface area contributed by atoms with E-state index in [2.05, 4.69) is 22.4 Å². The lowest BCUT2D eigenvalue weighted by Crippen LogP contribution is -2.24. The number of hydrogen-bond donors (Lipinski definition) is 2. The van der Waals surface area contributed by atoms with Gasteiger partial charge in [0.25, 0.3) is 5.91 Å². The predicted molar refractivity (Wildman–Crippen MR) is 105 cm³/mol. The van der Waals surface area contributed by atoms with Gasteiger partial charge < -0.3 is 15.2 Å². The Morgan fingerprint density at radius 1 is 1.04 bits per heavy atom. The van der Waals surface area contributed by atoms with E-state index in [1.54, 1.807) is 24.3 Å². The van der Waals surface area contributed by atoms with E-state index in [9.17, 15) is 9.90 Å². The second kappa shape index (κ2) is 9.14. The van der Waals surface area contributed by atoms with Crippen LogP contribution in [0.1, 0.15) is 41.2 Å². The molecule has 2 aromatic carbocycles. The molecule has 1 heterocycles. The number of aliphatic hydroxyl groups excluding tert-OH is 1. The molecule has 2 N–H and O–H groups in total. The summed E-state index contributed by atoms with van der Waals surface area (Å²) in [7, 11) is 0. The molecule has 0 aliphatic carbocycles.